The van der Waals surface area contributed by atoms with E-state index in [0.29, 0.717) is 11.8 Å². The van der Waals surface area contributed by atoms with Crippen LogP contribution in [0.5, 0.6) is 0 Å². The first-order valence-corrected chi connectivity index (χ1v) is 5.60. The highest BCUT2D eigenvalue weighted by Crippen LogP contribution is 2.40. The lowest BCUT2D eigenvalue weighted by molar-refractivity contribution is -0.117. The Morgan fingerprint density at radius 1 is 1.15 bits per heavy atom. The van der Waals surface area contributed by atoms with E-state index in [4.69, 9.17) is 0 Å². The van der Waals surface area contributed by atoms with Gasteiger partial charge in [0.25, 0.3) is 0 Å². The summed E-state index contributed by atoms with van der Waals surface area (Å²) in [6.07, 6.45) is 7.10. The van der Waals surface area contributed by atoms with Crippen LogP contribution in [0.25, 0.3) is 0 Å². The molecular weight excluding hydrogens is 162 g/mol. The lowest BCUT2D eigenvalue weighted by atomic mass is 10.1. The van der Waals surface area contributed by atoms with Gasteiger partial charge >= 0.3 is 0 Å². The molecule has 72 valence electrons. The standard InChI is InChI=1S/C11H17NO/c13-11-4-3-10(6-11)12-7-8-1-2-9(12)5-8/h8-10H,1-7H2. The fourth-order valence-electron chi connectivity index (χ4n) is 3.49. The van der Waals surface area contributed by atoms with Gasteiger partial charge in [0.15, 0.2) is 0 Å². The highest BCUT2D eigenvalue weighted by molar-refractivity contribution is 5.81. The highest BCUT2D eigenvalue weighted by atomic mass is 16.1. The highest BCUT2D eigenvalue weighted by Gasteiger charge is 2.42. The molecule has 2 saturated carbocycles. The van der Waals surface area contributed by atoms with Gasteiger partial charge in [0.2, 0.25) is 0 Å². The van der Waals surface area contributed by atoms with Gasteiger partial charge in [-0.05, 0) is 31.6 Å². The quantitative estimate of drug-likeness (QED) is 0.609. The van der Waals surface area contributed by atoms with Crippen LogP contribution in [0.2, 0.25) is 0 Å². The van der Waals surface area contributed by atoms with Crippen molar-refractivity contribution in [2.45, 2.75) is 50.6 Å². The normalized spacial score (nSPS) is 44.9. The van der Waals surface area contributed by atoms with E-state index < -0.39 is 0 Å². The third kappa shape index (κ3) is 1.23. The van der Waals surface area contributed by atoms with Gasteiger partial charge in [-0.2, -0.15) is 0 Å². The first-order chi connectivity index (χ1) is 6.33. The largest absolute Gasteiger partial charge is 0.300 e. The van der Waals surface area contributed by atoms with Crippen molar-refractivity contribution < 1.29 is 4.79 Å². The number of rotatable bonds is 1. The Labute approximate surface area is 79.3 Å². The number of hydrogen-bond donors (Lipinski definition) is 0. The van der Waals surface area contributed by atoms with Gasteiger partial charge in [0, 0.05) is 31.5 Å². The van der Waals surface area contributed by atoms with Crippen LogP contribution in [0.4, 0.5) is 0 Å². The Hall–Kier alpha value is -0.370. The van der Waals surface area contributed by atoms with Crippen LogP contribution in [-0.4, -0.2) is 29.3 Å². The van der Waals surface area contributed by atoms with Crippen molar-refractivity contribution in [3.05, 3.63) is 0 Å². The average molecular weight is 179 g/mol. The summed E-state index contributed by atoms with van der Waals surface area (Å²) < 4.78 is 0. The fourth-order valence-corrected chi connectivity index (χ4v) is 3.49. The summed E-state index contributed by atoms with van der Waals surface area (Å²) in [6, 6.07) is 1.48. The number of fused-ring (bicyclic) bond motifs is 2. The summed E-state index contributed by atoms with van der Waals surface area (Å²) >= 11 is 0. The summed E-state index contributed by atoms with van der Waals surface area (Å²) in [6.45, 7) is 1.29. The predicted octanol–water partition coefficient (Wildman–Crippen LogP) is 1.59. The molecule has 2 bridgehead atoms. The number of Topliss-reactive ketones (excluding diaryl/α,β-unsaturated/α-hetero) is 1. The molecule has 3 rings (SSSR count). The number of likely N-dealkylation sites (tertiary alicyclic amines) is 1. The van der Waals surface area contributed by atoms with E-state index in [-0.39, 0.29) is 0 Å². The molecule has 2 aliphatic carbocycles. The lowest BCUT2D eigenvalue weighted by Gasteiger charge is -2.31. The van der Waals surface area contributed by atoms with Gasteiger partial charge in [-0.1, -0.05) is 0 Å². The van der Waals surface area contributed by atoms with Crippen LogP contribution in [0.1, 0.15) is 38.5 Å². The second-order valence-corrected chi connectivity index (χ2v) is 4.96. The molecule has 3 atom stereocenters. The lowest BCUT2D eigenvalue weighted by Crippen LogP contribution is -2.39. The number of ketones is 1. The number of carbonyl (C=O) groups is 1. The molecule has 2 heteroatoms. The van der Waals surface area contributed by atoms with Crippen LogP contribution >= 0.6 is 0 Å². The van der Waals surface area contributed by atoms with E-state index in [1.54, 1.807) is 0 Å². The second-order valence-electron chi connectivity index (χ2n) is 4.96. The molecular formula is C11H17NO. The first kappa shape index (κ1) is 7.98. The van der Waals surface area contributed by atoms with E-state index >= 15 is 0 Å². The van der Waals surface area contributed by atoms with Crippen LogP contribution in [0.15, 0.2) is 0 Å². The van der Waals surface area contributed by atoms with Gasteiger partial charge in [0.05, 0.1) is 0 Å². The van der Waals surface area contributed by atoms with Gasteiger partial charge < -0.3 is 0 Å². The van der Waals surface area contributed by atoms with E-state index in [9.17, 15) is 4.79 Å². The van der Waals surface area contributed by atoms with Crippen molar-refractivity contribution in [3.8, 4) is 0 Å². The van der Waals surface area contributed by atoms with E-state index in [2.05, 4.69) is 4.90 Å². The Morgan fingerprint density at radius 2 is 2.08 bits per heavy atom. The average Bonchev–Trinajstić information content (AvgIpc) is 2.77. The molecule has 0 aromatic carbocycles. The van der Waals surface area contributed by atoms with Crippen LogP contribution < -0.4 is 0 Å². The van der Waals surface area contributed by atoms with Crippen LogP contribution in [0, 0.1) is 5.92 Å². The Bertz CT molecular complexity index is 238. The molecule has 1 heterocycles. The minimum absolute atomic E-state index is 0.493. The van der Waals surface area contributed by atoms with Crippen LogP contribution in [0.3, 0.4) is 0 Å². The van der Waals surface area contributed by atoms with Crippen molar-refractivity contribution in [1.82, 2.24) is 4.90 Å². The number of nitrogens with zero attached hydrogens (tertiary/aromatic N) is 1. The molecule has 1 saturated heterocycles. The van der Waals surface area contributed by atoms with Gasteiger partial charge in [-0.3, -0.25) is 9.69 Å². The van der Waals surface area contributed by atoms with Crippen molar-refractivity contribution in [2.24, 2.45) is 5.92 Å². The zero-order chi connectivity index (χ0) is 8.84. The van der Waals surface area contributed by atoms with Crippen molar-refractivity contribution in [1.29, 1.82) is 0 Å². The number of carbonyl (C=O) groups excluding carboxylic acids is 1. The van der Waals surface area contributed by atoms with E-state index in [0.717, 1.165) is 31.2 Å². The molecule has 0 aromatic rings. The van der Waals surface area contributed by atoms with Gasteiger partial charge in [-0.25, -0.2) is 0 Å². The second kappa shape index (κ2) is 2.81. The fraction of sp³-hybridized carbons (Fsp3) is 0.909. The maximum atomic E-state index is 11.2. The maximum absolute atomic E-state index is 11.2. The summed E-state index contributed by atoms with van der Waals surface area (Å²) in [5.74, 6) is 1.47. The van der Waals surface area contributed by atoms with E-state index in [1.165, 1.54) is 25.8 Å². The monoisotopic (exact) mass is 179 g/mol. The molecule has 2 nitrogen and oxygen atoms in total. The summed E-state index contributed by atoms with van der Waals surface area (Å²) in [5, 5.41) is 0. The predicted molar refractivity (Wildman–Crippen MR) is 50.5 cm³/mol. The molecule has 3 aliphatic rings. The Balaban J connectivity index is 1.69. The summed E-state index contributed by atoms with van der Waals surface area (Å²) in [7, 11) is 0. The third-order valence-electron chi connectivity index (χ3n) is 4.14. The summed E-state index contributed by atoms with van der Waals surface area (Å²) in [5.41, 5.74) is 0. The number of hydrogen-bond acceptors (Lipinski definition) is 2. The zero-order valence-corrected chi connectivity index (χ0v) is 8.04. The smallest absolute Gasteiger partial charge is 0.134 e. The minimum atomic E-state index is 0.493. The Morgan fingerprint density at radius 3 is 2.62 bits per heavy atom. The molecule has 13 heavy (non-hydrogen) atoms. The molecule has 0 aromatic heterocycles. The topological polar surface area (TPSA) is 20.3 Å². The van der Waals surface area contributed by atoms with Gasteiger partial charge in [-0.15, -0.1) is 0 Å². The van der Waals surface area contributed by atoms with E-state index in [1.807, 2.05) is 0 Å². The van der Waals surface area contributed by atoms with Gasteiger partial charge in [0.1, 0.15) is 5.78 Å². The van der Waals surface area contributed by atoms with Crippen molar-refractivity contribution in [3.63, 3.8) is 0 Å². The molecule has 0 N–H and O–H groups in total. The first-order valence-electron chi connectivity index (χ1n) is 5.60. The van der Waals surface area contributed by atoms with Crippen molar-refractivity contribution >= 4 is 5.78 Å². The molecule has 0 spiro atoms. The molecule has 0 radical (unpaired) electrons. The molecule has 0 amide bonds. The minimum Gasteiger partial charge on any atom is -0.300 e. The molecule has 1 aliphatic heterocycles. The third-order valence-corrected chi connectivity index (χ3v) is 4.14. The zero-order valence-electron chi connectivity index (χ0n) is 8.04. The summed E-state index contributed by atoms with van der Waals surface area (Å²) in [4.78, 5) is 13.8. The molecule has 3 unspecified atom stereocenters. The maximum Gasteiger partial charge on any atom is 0.134 e. The molecule has 3 fully saturated rings. The van der Waals surface area contributed by atoms with Crippen molar-refractivity contribution in [2.75, 3.05) is 6.54 Å². The SMILES string of the molecule is O=C1CCC(N2CC3CCC2C3)C1. The van der Waals surface area contributed by atoms with Crippen LogP contribution in [-0.2, 0) is 4.79 Å². The Kier molecular flexibility index (Phi) is 1.72. The number of piperidine rings is 1.